The number of benzene rings is 2. The Labute approximate surface area is 150 Å². The molecular weight excluding hydrogens is 310 g/mol. The second kappa shape index (κ2) is 7.64. The molecule has 3 nitrogen and oxygen atoms in total. The first-order valence-electron chi connectivity index (χ1n) is 9.00. The highest BCUT2D eigenvalue weighted by Gasteiger charge is 2.16. The van der Waals surface area contributed by atoms with Crippen molar-refractivity contribution in [3.05, 3.63) is 48.0 Å². The van der Waals surface area contributed by atoms with Gasteiger partial charge in [-0.25, -0.2) is 0 Å². The van der Waals surface area contributed by atoms with Gasteiger partial charge in [0.05, 0.1) is 19.9 Å². The molecule has 0 saturated heterocycles. The molecule has 0 aliphatic rings. The van der Waals surface area contributed by atoms with E-state index in [1.165, 1.54) is 47.0 Å². The van der Waals surface area contributed by atoms with E-state index in [9.17, 15) is 0 Å². The first kappa shape index (κ1) is 17.4. The standard InChI is InChI=1S/C22H27NO2/c1-5-6-7-14-23-21-13-12-19(25-4)15-20(21)16(2)22(23)17-8-10-18(24-3)11-9-17/h8-13,15H,5-7,14H2,1-4H3. The molecule has 3 heteroatoms. The van der Waals surface area contributed by atoms with E-state index in [1.54, 1.807) is 14.2 Å². The SMILES string of the molecule is CCCCCn1c(-c2ccc(OC)cc2)c(C)c2cc(OC)ccc21. The monoisotopic (exact) mass is 337 g/mol. The van der Waals surface area contributed by atoms with Crippen LogP contribution in [0.15, 0.2) is 42.5 Å². The fourth-order valence-corrected chi connectivity index (χ4v) is 3.50. The van der Waals surface area contributed by atoms with Crippen molar-refractivity contribution < 1.29 is 9.47 Å². The van der Waals surface area contributed by atoms with Crippen LogP contribution >= 0.6 is 0 Å². The van der Waals surface area contributed by atoms with Gasteiger partial charge in [0.2, 0.25) is 0 Å². The number of aryl methyl sites for hydroxylation is 2. The third-order valence-corrected chi connectivity index (χ3v) is 4.87. The van der Waals surface area contributed by atoms with Crippen LogP contribution < -0.4 is 9.47 Å². The van der Waals surface area contributed by atoms with E-state index in [0.717, 1.165) is 18.0 Å². The molecule has 1 heterocycles. The van der Waals surface area contributed by atoms with Crippen molar-refractivity contribution in [1.29, 1.82) is 0 Å². The molecule has 3 rings (SSSR count). The second-order valence-electron chi connectivity index (χ2n) is 6.44. The average Bonchev–Trinajstić information content (AvgIpc) is 2.93. The number of methoxy groups -OCH3 is 2. The molecule has 0 unspecified atom stereocenters. The maximum Gasteiger partial charge on any atom is 0.119 e. The van der Waals surface area contributed by atoms with Gasteiger partial charge in [0.15, 0.2) is 0 Å². The van der Waals surface area contributed by atoms with Crippen LogP contribution in [0.25, 0.3) is 22.2 Å². The molecule has 0 atom stereocenters. The average molecular weight is 337 g/mol. The maximum atomic E-state index is 5.44. The van der Waals surface area contributed by atoms with Crippen LogP contribution in [-0.2, 0) is 6.54 Å². The Morgan fingerprint density at radius 1 is 0.880 bits per heavy atom. The van der Waals surface area contributed by atoms with Crippen molar-refractivity contribution >= 4 is 10.9 Å². The lowest BCUT2D eigenvalue weighted by molar-refractivity contribution is 0.415. The second-order valence-corrected chi connectivity index (χ2v) is 6.44. The van der Waals surface area contributed by atoms with E-state index in [-0.39, 0.29) is 0 Å². The molecule has 0 saturated carbocycles. The molecule has 0 aliphatic heterocycles. The molecule has 0 radical (unpaired) electrons. The molecule has 132 valence electrons. The molecule has 0 N–H and O–H groups in total. The Hall–Kier alpha value is -2.42. The zero-order valence-corrected chi connectivity index (χ0v) is 15.6. The maximum absolute atomic E-state index is 5.44. The van der Waals surface area contributed by atoms with Crippen molar-refractivity contribution in [3.63, 3.8) is 0 Å². The molecule has 1 aromatic heterocycles. The molecule has 3 aromatic rings. The number of unbranched alkanes of at least 4 members (excludes halogenated alkanes) is 2. The molecule has 0 fully saturated rings. The predicted molar refractivity (Wildman–Crippen MR) is 105 cm³/mol. The minimum atomic E-state index is 0.886. The number of hydrogen-bond acceptors (Lipinski definition) is 2. The van der Waals surface area contributed by atoms with E-state index in [0.29, 0.717) is 0 Å². The van der Waals surface area contributed by atoms with Gasteiger partial charge < -0.3 is 14.0 Å². The van der Waals surface area contributed by atoms with Crippen molar-refractivity contribution in [1.82, 2.24) is 4.57 Å². The molecule has 0 bridgehead atoms. The minimum Gasteiger partial charge on any atom is -0.497 e. The lowest BCUT2D eigenvalue weighted by atomic mass is 10.1. The van der Waals surface area contributed by atoms with E-state index in [2.05, 4.69) is 48.7 Å². The zero-order chi connectivity index (χ0) is 17.8. The van der Waals surface area contributed by atoms with Gasteiger partial charge in [-0.1, -0.05) is 19.8 Å². The number of fused-ring (bicyclic) bond motifs is 1. The van der Waals surface area contributed by atoms with E-state index in [1.807, 2.05) is 12.1 Å². The lowest BCUT2D eigenvalue weighted by Crippen LogP contribution is -2.01. The molecule has 25 heavy (non-hydrogen) atoms. The number of aromatic nitrogens is 1. The summed E-state index contributed by atoms with van der Waals surface area (Å²) in [6.07, 6.45) is 3.66. The quantitative estimate of drug-likeness (QED) is 0.507. The number of nitrogens with zero attached hydrogens (tertiary/aromatic N) is 1. The van der Waals surface area contributed by atoms with Gasteiger partial charge in [-0.05, 0) is 66.9 Å². The number of ether oxygens (including phenoxy) is 2. The molecule has 0 amide bonds. The summed E-state index contributed by atoms with van der Waals surface area (Å²) >= 11 is 0. The van der Waals surface area contributed by atoms with Crippen molar-refractivity contribution in [2.24, 2.45) is 0 Å². The Kier molecular flexibility index (Phi) is 5.32. The van der Waals surface area contributed by atoms with Crippen LogP contribution in [-0.4, -0.2) is 18.8 Å². The first-order valence-corrected chi connectivity index (χ1v) is 9.00. The molecule has 0 aliphatic carbocycles. The summed E-state index contributed by atoms with van der Waals surface area (Å²) in [4.78, 5) is 0. The Bertz CT molecular complexity index is 847. The topological polar surface area (TPSA) is 23.4 Å². The van der Waals surface area contributed by atoms with Gasteiger partial charge in [-0.2, -0.15) is 0 Å². The fourth-order valence-electron chi connectivity index (χ4n) is 3.50. The summed E-state index contributed by atoms with van der Waals surface area (Å²) < 4.78 is 13.2. The third kappa shape index (κ3) is 3.37. The molecule has 0 spiro atoms. The highest BCUT2D eigenvalue weighted by molar-refractivity contribution is 5.92. The third-order valence-electron chi connectivity index (χ3n) is 4.87. The van der Waals surface area contributed by atoms with Gasteiger partial charge in [0, 0.05) is 17.4 Å². The number of rotatable bonds is 7. The van der Waals surface area contributed by atoms with Crippen LogP contribution in [0, 0.1) is 6.92 Å². The molecular formula is C22H27NO2. The Morgan fingerprint density at radius 2 is 1.56 bits per heavy atom. The largest absolute Gasteiger partial charge is 0.497 e. The van der Waals surface area contributed by atoms with Gasteiger partial charge >= 0.3 is 0 Å². The highest BCUT2D eigenvalue weighted by atomic mass is 16.5. The van der Waals surface area contributed by atoms with Crippen molar-refractivity contribution in [2.75, 3.05) is 14.2 Å². The summed E-state index contributed by atoms with van der Waals surface area (Å²) in [6, 6.07) is 14.7. The van der Waals surface area contributed by atoms with Gasteiger partial charge in [0.1, 0.15) is 11.5 Å². The summed E-state index contributed by atoms with van der Waals surface area (Å²) in [5, 5.41) is 1.27. The fraction of sp³-hybridized carbons (Fsp3) is 0.364. The zero-order valence-electron chi connectivity index (χ0n) is 15.6. The summed E-state index contributed by atoms with van der Waals surface area (Å²) in [6.45, 7) is 5.48. The molecule has 2 aromatic carbocycles. The highest BCUT2D eigenvalue weighted by Crippen LogP contribution is 2.36. The lowest BCUT2D eigenvalue weighted by Gasteiger charge is -2.12. The Morgan fingerprint density at radius 3 is 2.20 bits per heavy atom. The minimum absolute atomic E-state index is 0.886. The van der Waals surface area contributed by atoms with Crippen molar-refractivity contribution in [2.45, 2.75) is 39.7 Å². The van der Waals surface area contributed by atoms with Gasteiger partial charge in [-0.15, -0.1) is 0 Å². The first-order chi connectivity index (χ1) is 12.2. The van der Waals surface area contributed by atoms with Crippen LogP contribution in [0.5, 0.6) is 11.5 Å². The Balaban J connectivity index is 2.15. The summed E-state index contributed by atoms with van der Waals surface area (Å²) in [7, 11) is 3.42. The van der Waals surface area contributed by atoms with Crippen LogP contribution in [0.2, 0.25) is 0 Å². The normalized spacial score (nSPS) is 11.0. The van der Waals surface area contributed by atoms with E-state index in [4.69, 9.17) is 9.47 Å². The van der Waals surface area contributed by atoms with Gasteiger partial charge in [-0.3, -0.25) is 0 Å². The van der Waals surface area contributed by atoms with E-state index < -0.39 is 0 Å². The van der Waals surface area contributed by atoms with Crippen molar-refractivity contribution in [3.8, 4) is 22.8 Å². The summed E-state index contributed by atoms with van der Waals surface area (Å²) in [5.74, 6) is 1.79. The predicted octanol–water partition coefficient (Wildman–Crippen LogP) is 5.82. The van der Waals surface area contributed by atoms with E-state index >= 15 is 0 Å². The van der Waals surface area contributed by atoms with Crippen LogP contribution in [0.1, 0.15) is 31.7 Å². The smallest absolute Gasteiger partial charge is 0.119 e. The number of hydrogen-bond donors (Lipinski definition) is 0. The van der Waals surface area contributed by atoms with Crippen LogP contribution in [0.4, 0.5) is 0 Å². The summed E-state index contributed by atoms with van der Waals surface area (Å²) in [5.41, 5.74) is 5.10. The van der Waals surface area contributed by atoms with Crippen LogP contribution in [0.3, 0.4) is 0 Å². The van der Waals surface area contributed by atoms with Gasteiger partial charge in [0.25, 0.3) is 0 Å².